The SMILES string of the molecule is NCCCC[C@H](N)C(=O)c1ccccc1C=S. The fourth-order valence-electron chi connectivity index (χ4n) is 1.66. The number of ketones is 1. The van der Waals surface area contributed by atoms with Crippen LogP contribution in [0.5, 0.6) is 0 Å². The molecule has 0 heterocycles. The summed E-state index contributed by atoms with van der Waals surface area (Å²) in [6.45, 7) is 0.636. The second-order valence-electron chi connectivity index (χ2n) is 3.96. The van der Waals surface area contributed by atoms with Crippen molar-refractivity contribution in [2.45, 2.75) is 25.3 Å². The normalized spacial score (nSPS) is 12.1. The number of thiocarbonyl (C=S) groups is 1. The summed E-state index contributed by atoms with van der Waals surface area (Å²) in [5.74, 6) is -0.0429. The highest BCUT2D eigenvalue weighted by atomic mass is 32.1. The summed E-state index contributed by atoms with van der Waals surface area (Å²) in [5, 5.41) is 1.51. The molecule has 17 heavy (non-hydrogen) atoms. The van der Waals surface area contributed by atoms with E-state index in [1.807, 2.05) is 18.2 Å². The third kappa shape index (κ3) is 4.00. The molecular weight excluding hydrogens is 232 g/mol. The molecule has 0 aliphatic rings. The number of carbonyl (C=O) groups excluding carboxylic acids is 1. The van der Waals surface area contributed by atoms with Crippen LogP contribution in [-0.4, -0.2) is 23.7 Å². The summed E-state index contributed by atoms with van der Waals surface area (Å²) < 4.78 is 0. The zero-order valence-electron chi connectivity index (χ0n) is 9.76. The number of nitrogens with two attached hydrogens (primary N) is 2. The van der Waals surface area contributed by atoms with Crippen LogP contribution < -0.4 is 11.5 Å². The summed E-state index contributed by atoms with van der Waals surface area (Å²) in [6.07, 6.45) is 2.45. The molecule has 1 aromatic carbocycles. The molecule has 0 aliphatic carbocycles. The maximum Gasteiger partial charge on any atom is 0.180 e. The largest absolute Gasteiger partial charge is 0.330 e. The molecule has 0 bridgehead atoms. The van der Waals surface area contributed by atoms with E-state index in [9.17, 15) is 4.79 Å². The Morgan fingerprint density at radius 1 is 1.35 bits per heavy atom. The summed E-state index contributed by atoms with van der Waals surface area (Å²) in [5.41, 5.74) is 12.7. The van der Waals surface area contributed by atoms with Crippen molar-refractivity contribution in [3.8, 4) is 0 Å². The fraction of sp³-hybridized carbons (Fsp3) is 0.385. The molecule has 0 aliphatic heterocycles. The smallest absolute Gasteiger partial charge is 0.180 e. The van der Waals surface area contributed by atoms with Gasteiger partial charge < -0.3 is 11.5 Å². The van der Waals surface area contributed by atoms with Crippen LogP contribution >= 0.6 is 12.2 Å². The zero-order chi connectivity index (χ0) is 12.7. The molecule has 0 spiro atoms. The van der Waals surface area contributed by atoms with E-state index in [1.54, 1.807) is 6.07 Å². The lowest BCUT2D eigenvalue weighted by Gasteiger charge is -2.11. The molecule has 4 N–H and O–H groups in total. The third-order valence-corrected chi connectivity index (χ3v) is 2.91. The molecule has 4 heteroatoms. The highest BCUT2D eigenvalue weighted by molar-refractivity contribution is 7.79. The Balaban J connectivity index is 2.71. The van der Waals surface area contributed by atoms with Crippen LogP contribution in [0.3, 0.4) is 0 Å². The maximum atomic E-state index is 12.1. The fourth-order valence-corrected chi connectivity index (χ4v) is 1.87. The van der Waals surface area contributed by atoms with E-state index in [0.717, 1.165) is 18.4 Å². The van der Waals surface area contributed by atoms with Gasteiger partial charge in [-0.1, -0.05) is 42.9 Å². The van der Waals surface area contributed by atoms with Crippen molar-refractivity contribution in [2.24, 2.45) is 11.5 Å². The average Bonchev–Trinajstić information content (AvgIpc) is 2.38. The van der Waals surface area contributed by atoms with Gasteiger partial charge in [-0.15, -0.1) is 0 Å². The van der Waals surface area contributed by atoms with E-state index in [0.29, 0.717) is 18.5 Å². The summed E-state index contributed by atoms with van der Waals surface area (Å²) in [6, 6.07) is 6.81. The Bertz CT molecular complexity index is 393. The number of benzene rings is 1. The lowest BCUT2D eigenvalue weighted by atomic mass is 9.97. The Morgan fingerprint density at radius 3 is 2.71 bits per heavy atom. The minimum atomic E-state index is -0.461. The standard InChI is InChI=1S/C13H18N2OS/c14-8-4-3-7-12(15)13(16)11-6-2-1-5-10(11)9-17/h1-2,5-6,9,12H,3-4,7-8,14-15H2/t12-/m0/s1. The molecule has 0 unspecified atom stereocenters. The molecule has 1 atom stereocenters. The summed E-state index contributed by atoms with van der Waals surface area (Å²) >= 11 is 4.88. The molecule has 0 fully saturated rings. The maximum absolute atomic E-state index is 12.1. The van der Waals surface area contributed by atoms with E-state index in [2.05, 4.69) is 0 Å². The van der Waals surface area contributed by atoms with E-state index in [4.69, 9.17) is 23.7 Å². The van der Waals surface area contributed by atoms with Gasteiger partial charge in [-0.05, 0) is 24.9 Å². The number of hydrogen-bond donors (Lipinski definition) is 2. The van der Waals surface area contributed by atoms with Crippen LogP contribution in [0.2, 0.25) is 0 Å². The van der Waals surface area contributed by atoms with Gasteiger partial charge in [-0.2, -0.15) is 0 Å². The van der Waals surface area contributed by atoms with Crippen LogP contribution in [0.15, 0.2) is 24.3 Å². The Morgan fingerprint density at radius 2 is 2.06 bits per heavy atom. The van der Waals surface area contributed by atoms with Gasteiger partial charge in [0.15, 0.2) is 5.78 Å². The van der Waals surface area contributed by atoms with Gasteiger partial charge in [0, 0.05) is 10.9 Å². The first-order valence-electron chi connectivity index (χ1n) is 5.74. The quantitative estimate of drug-likeness (QED) is 0.439. The van der Waals surface area contributed by atoms with E-state index >= 15 is 0 Å². The molecule has 92 valence electrons. The molecule has 0 saturated heterocycles. The molecule has 0 amide bonds. The van der Waals surface area contributed by atoms with Crippen LogP contribution in [0.25, 0.3) is 0 Å². The highest BCUT2D eigenvalue weighted by Crippen LogP contribution is 2.11. The first kappa shape index (κ1) is 14.0. The second-order valence-corrected chi connectivity index (χ2v) is 4.20. The Kier molecular flexibility index (Phi) is 5.97. The van der Waals surface area contributed by atoms with Gasteiger partial charge >= 0.3 is 0 Å². The predicted molar refractivity (Wildman–Crippen MR) is 74.4 cm³/mol. The lowest BCUT2D eigenvalue weighted by molar-refractivity contribution is 0.0956. The minimum absolute atomic E-state index is 0.0429. The summed E-state index contributed by atoms with van der Waals surface area (Å²) in [4.78, 5) is 12.1. The molecule has 3 nitrogen and oxygen atoms in total. The monoisotopic (exact) mass is 250 g/mol. The number of rotatable bonds is 7. The molecular formula is C13H18N2OS. The van der Waals surface area contributed by atoms with Crippen LogP contribution in [0.1, 0.15) is 35.2 Å². The van der Waals surface area contributed by atoms with E-state index in [1.165, 1.54) is 5.37 Å². The number of carbonyl (C=O) groups is 1. The lowest BCUT2D eigenvalue weighted by Crippen LogP contribution is -2.31. The van der Waals surface area contributed by atoms with Crippen molar-refractivity contribution >= 4 is 23.4 Å². The van der Waals surface area contributed by atoms with Crippen LogP contribution in [0, 0.1) is 0 Å². The molecule has 1 aromatic rings. The van der Waals surface area contributed by atoms with Gasteiger partial charge in [0.2, 0.25) is 0 Å². The van der Waals surface area contributed by atoms with Gasteiger partial charge in [0.25, 0.3) is 0 Å². The molecule has 0 saturated carbocycles. The van der Waals surface area contributed by atoms with Crippen molar-refractivity contribution in [2.75, 3.05) is 6.54 Å². The van der Waals surface area contributed by atoms with Crippen molar-refractivity contribution < 1.29 is 4.79 Å². The number of hydrogen-bond acceptors (Lipinski definition) is 4. The Hall–Kier alpha value is -1.10. The van der Waals surface area contributed by atoms with Crippen molar-refractivity contribution in [1.82, 2.24) is 0 Å². The molecule has 0 aromatic heterocycles. The minimum Gasteiger partial charge on any atom is -0.330 e. The topological polar surface area (TPSA) is 69.1 Å². The van der Waals surface area contributed by atoms with E-state index in [-0.39, 0.29) is 5.78 Å². The van der Waals surface area contributed by atoms with Crippen LogP contribution in [-0.2, 0) is 0 Å². The average molecular weight is 250 g/mol. The van der Waals surface area contributed by atoms with Crippen molar-refractivity contribution in [1.29, 1.82) is 0 Å². The van der Waals surface area contributed by atoms with Crippen molar-refractivity contribution in [3.05, 3.63) is 35.4 Å². The van der Waals surface area contributed by atoms with Gasteiger partial charge in [-0.3, -0.25) is 4.79 Å². The molecule has 1 rings (SSSR count). The van der Waals surface area contributed by atoms with Gasteiger partial charge in [0.05, 0.1) is 6.04 Å². The molecule has 0 radical (unpaired) electrons. The Labute approximate surface area is 107 Å². The first-order chi connectivity index (χ1) is 8.20. The summed E-state index contributed by atoms with van der Waals surface area (Å²) in [7, 11) is 0. The number of unbranched alkanes of at least 4 members (excludes halogenated alkanes) is 1. The first-order valence-corrected chi connectivity index (χ1v) is 6.22. The second kappa shape index (κ2) is 7.27. The predicted octanol–water partition coefficient (Wildman–Crippen LogP) is 1.67. The highest BCUT2D eigenvalue weighted by Gasteiger charge is 2.17. The van der Waals surface area contributed by atoms with Crippen LogP contribution in [0.4, 0.5) is 0 Å². The number of Topliss-reactive ketones (excluding diaryl/α,β-unsaturated/α-hetero) is 1. The third-order valence-electron chi connectivity index (χ3n) is 2.66. The zero-order valence-corrected chi connectivity index (χ0v) is 10.6. The van der Waals surface area contributed by atoms with Crippen molar-refractivity contribution in [3.63, 3.8) is 0 Å². The van der Waals surface area contributed by atoms with Gasteiger partial charge in [-0.25, -0.2) is 0 Å². The van der Waals surface area contributed by atoms with E-state index < -0.39 is 6.04 Å². The van der Waals surface area contributed by atoms with Gasteiger partial charge in [0.1, 0.15) is 0 Å².